The van der Waals surface area contributed by atoms with E-state index in [0.29, 0.717) is 18.1 Å². The van der Waals surface area contributed by atoms with Crippen LogP contribution < -0.4 is 10.6 Å². The quantitative estimate of drug-likeness (QED) is 0.501. The fourth-order valence-corrected chi connectivity index (χ4v) is 1.43. The smallest absolute Gasteiger partial charge is 0.353 e. The summed E-state index contributed by atoms with van der Waals surface area (Å²) in [6.45, 7) is 4.35. The number of hydrogen-bond acceptors (Lipinski definition) is 1. The van der Waals surface area contributed by atoms with Crippen LogP contribution in [0, 0.1) is 0 Å². The summed E-state index contributed by atoms with van der Waals surface area (Å²) in [6, 6.07) is 5.19. The molecule has 0 radical (unpaired) electrons. The van der Waals surface area contributed by atoms with Gasteiger partial charge in [-0.2, -0.15) is 13.2 Å². The van der Waals surface area contributed by atoms with Gasteiger partial charge in [-0.1, -0.05) is 18.2 Å². The highest BCUT2D eigenvalue weighted by molar-refractivity contribution is 5.79. The molecule has 2 N–H and O–H groups in total. The number of aliphatic imine (C=N–C) groups is 1. The maximum Gasteiger partial charge on any atom is 0.416 e. The average molecular weight is 271 g/mol. The Morgan fingerprint density at radius 2 is 2.11 bits per heavy atom. The van der Waals surface area contributed by atoms with Crippen LogP contribution in [-0.2, 0) is 12.7 Å². The van der Waals surface area contributed by atoms with Crippen molar-refractivity contribution in [1.82, 2.24) is 10.6 Å². The summed E-state index contributed by atoms with van der Waals surface area (Å²) in [7, 11) is 1.59. The van der Waals surface area contributed by atoms with Crippen molar-refractivity contribution < 1.29 is 13.2 Å². The van der Waals surface area contributed by atoms with Crippen molar-refractivity contribution in [1.29, 1.82) is 0 Å². The van der Waals surface area contributed by atoms with Gasteiger partial charge in [-0.3, -0.25) is 4.99 Å². The summed E-state index contributed by atoms with van der Waals surface area (Å²) in [5.41, 5.74) is -0.114. The fraction of sp³-hybridized carbons (Fsp3) is 0.308. The summed E-state index contributed by atoms with van der Waals surface area (Å²) in [6.07, 6.45) is -2.66. The predicted molar refractivity (Wildman–Crippen MR) is 69.8 cm³/mol. The first-order valence-corrected chi connectivity index (χ1v) is 5.69. The molecule has 6 heteroatoms. The van der Waals surface area contributed by atoms with E-state index in [1.54, 1.807) is 19.2 Å². The van der Waals surface area contributed by atoms with Crippen LogP contribution in [0.1, 0.15) is 11.1 Å². The summed E-state index contributed by atoms with van der Waals surface area (Å²) in [5.74, 6) is 0.511. The van der Waals surface area contributed by atoms with Gasteiger partial charge in [0.1, 0.15) is 0 Å². The lowest BCUT2D eigenvalue weighted by Crippen LogP contribution is -2.36. The third kappa shape index (κ3) is 5.03. The van der Waals surface area contributed by atoms with E-state index in [1.807, 2.05) is 0 Å². The van der Waals surface area contributed by atoms with E-state index in [-0.39, 0.29) is 6.54 Å². The largest absolute Gasteiger partial charge is 0.416 e. The number of nitrogens with one attached hydrogen (secondary N) is 2. The van der Waals surface area contributed by atoms with Crippen LogP contribution in [0.4, 0.5) is 13.2 Å². The first kappa shape index (κ1) is 15.1. The molecule has 1 rings (SSSR count). The average Bonchev–Trinajstić information content (AvgIpc) is 2.38. The Morgan fingerprint density at radius 1 is 1.37 bits per heavy atom. The Hall–Kier alpha value is -1.98. The van der Waals surface area contributed by atoms with E-state index in [0.717, 1.165) is 12.1 Å². The number of hydrogen-bond donors (Lipinski definition) is 2. The minimum absolute atomic E-state index is 0.265. The molecule has 0 spiro atoms. The molecule has 0 atom stereocenters. The summed E-state index contributed by atoms with van der Waals surface area (Å²) in [4.78, 5) is 3.94. The topological polar surface area (TPSA) is 36.4 Å². The molecular formula is C13H16F3N3. The van der Waals surface area contributed by atoms with Crippen LogP contribution in [-0.4, -0.2) is 19.6 Å². The van der Waals surface area contributed by atoms with Gasteiger partial charge >= 0.3 is 6.18 Å². The molecule has 1 aromatic rings. The number of rotatable bonds is 4. The van der Waals surface area contributed by atoms with Gasteiger partial charge in [0.25, 0.3) is 0 Å². The first-order chi connectivity index (χ1) is 8.97. The van der Waals surface area contributed by atoms with Crippen LogP contribution in [0.2, 0.25) is 0 Å². The van der Waals surface area contributed by atoms with Gasteiger partial charge in [-0.15, -0.1) is 6.58 Å². The minimum atomic E-state index is -4.32. The molecule has 1 aromatic carbocycles. The molecule has 0 aliphatic rings. The number of halogens is 3. The molecule has 104 valence electrons. The van der Waals surface area contributed by atoms with Crippen molar-refractivity contribution >= 4 is 5.96 Å². The van der Waals surface area contributed by atoms with Gasteiger partial charge in [0.05, 0.1) is 5.56 Å². The molecule has 0 bridgehead atoms. The molecular weight excluding hydrogens is 255 g/mol. The SMILES string of the molecule is C=CCNC(=NC)NCc1cccc(C(F)(F)F)c1. The number of benzene rings is 1. The molecule has 0 heterocycles. The third-order valence-corrected chi connectivity index (χ3v) is 2.35. The molecule has 0 aliphatic heterocycles. The summed E-state index contributed by atoms with van der Waals surface area (Å²) in [5, 5.41) is 5.86. The second-order valence-corrected chi connectivity index (χ2v) is 3.79. The Labute approximate surface area is 110 Å². The van der Waals surface area contributed by atoms with Crippen LogP contribution in [0.5, 0.6) is 0 Å². The van der Waals surface area contributed by atoms with Crippen molar-refractivity contribution in [2.45, 2.75) is 12.7 Å². The zero-order chi connectivity index (χ0) is 14.3. The van der Waals surface area contributed by atoms with Crippen LogP contribution >= 0.6 is 0 Å². The fourth-order valence-electron chi connectivity index (χ4n) is 1.43. The Balaban J connectivity index is 2.65. The molecule has 0 amide bonds. The summed E-state index contributed by atoms with van der Waals surface area (Å²) < 4.78 is 37.6. The zero-order valence-electron chi connectivity index (χ0n) is 10.6. The number of nitrogens with zero attached hydrogens (tertiary/aromatic N) is 1. The highest BCUT2D eigenvalue weighted by atomic mass is 19.4. The van der Waals surface area contributed by atoms with Gasteiger partial charge in [0, 0.05) is 20.1 Å². The maximum atomic E-state index is 12.5. The Morgan fingerprint density at radius 3 is 2.68 bits per heavy atom. The standard InChI is InChI=1S/C13H16F3N3/c1-3-7-18-12(17-2)19-9-10-5-4-6-11(8-10)13(14,15)16/h3-6,8H,1,7,9H2,2H3,(H2,17,18,19). The van der Waals surface area contributed by atoms with Gasteiger partial charge in [0.15, 0.2) is 5.96 Å². The normalized spacial score (nSPS) is 12.1. The maximum absolute atomic E-state index is 12.5. The molecule has 0 unspecified atom stereocenters. The summed E-state index contributed by atoms with van der Waals surface area (Å²) >= 11 is 0. The van der Waals surface area contributed by atoms with Crippen molar-refractivity contribution in [3.63, 3.8) is 0 Å². The van der Waals surface area contributed by atoms with E-state index in [2.05, 4.69) is 22.2 Å². The molecule has 0 saturated carbocycles. The Kier molecular flexibility index (Phi) is 5.41. The monoisotopic (exact) mass is 271 g/mol. The van der Waals surface area contributed by atoms with Crippen LogP contribution in [0.3, 0.4) is 0 Å². The van der Waals surface area contributed by atoms with E-state index in [9.17, 15) is 13.2 Å². The Bertz CT molecular complexity index is 453. The number of alkyl halides is 3. The second-order valence-electron chi connectivity index (χ2n) is 3.79. The molecule has 0 aliphatic carbocycles. The highest BCUT2D eigenvalue weighted by Gasteiger charge is 2.30. The minimum Gasteiger partial charge on any atom is -0.353 e. The van der Waals surface area contributed by atoms with Crippen molar-refractivity contribution in [2.75, 3.05) is 13.6 Å². The van der Waals surface area contributed by atoms with Gasteiger partial charge in [-0.25, -0.2) is 0 Å². The first-order valence-electron chi connectivity index (χ1n) is 5.69. The molecule has 0 fully saturated rings. The second kappa shape index (κ2) is 6.82. The predicted octanol–water partition coefficient (Wildman–Crippen LogP) is 2.56. The molecule has 19 heavy (non-hydrogen) atoms. The number of guanidine groups is 1. The van der Waals surface area contributed by atoms with Crippen molar-refractivity contribution in [2.24, 2.45) is 4.99 Å². The van der Waals surface area contributed by atoms with E-state index < -0.39 is 11.7 Å². The lowest BCUT2D eigenvalue weighted by molar-refractivity contribution is -0.137. The van der Waals surface area contributed by atoms with E-state index in [1.165, 1.54) is 6.07 Å². The van der Waals surface area contributed by atoms with Crippen LogP contribution in [0.25, 0.3) is 0 Å². The van der Waals surface area contributed by atoms with Crippen molar-refractivity contribution in [3.05, 3.63) is 48.0 Å². The van der Waals surface area contributed by atoms with Crippen molar-refractivity contribution in [3.8, 4) is 0 Å². The lowest BCUT2D eigenvalue weighted by atomic mass is 10.1. The molecule has 0 aromatic heterocycles. The third-order valence-electron chi connectivity index (χ3n) is 2.35. The highest BCUT2D eigenvalue weighted by Crippen LogP contribution is 2.29. The molecule has 0 saturated heterocycles. The molecule has 3 nitrogen and oxygen atoms in total. The van der Waals surface area contributed by atoms with Gasteiger partial charge in [-0.05, 0) is 17.7 Å². The van der Waals surface area contributed by atoms with Gasteiger partial charge < -0.3 is 10.6 Å². The zero-order valence-corrected chi connectivity index (χ0v) is 10.6. The van der Waals surface area contributed by atoms with E-state index in [4.69, 9.17) is 0 Å². The van der Waals surface area contributed by atoms with E-state index >= 15 is 0 Å². The lowest BCUT2D eigenvalue weighted by Gasteiger charge is -2.12. The van der Waals surface area contributed by atoms with Gasteiger partial charge in [0.2, 0.25) is 0 Å². The van der Waals surface area contributed by atoms with Crippen LogP contribution in [0.15, 0.2) is 41.9 Å².